The number of para-hydroxylation sites is 1. The number of imidazole rings is 1. The smallest absolute Gasteiger partial charge is 0.334 e. The Kier molecular flexibility index (Phi) is 5.88. The van der Waals surface area contributed by atoms with E-state index in [1.807, 2.05) is 59.5 Å². The number of nitrogens with two attached hydrogens (primary N) is 1. The van der Waals surface area contributed by atoms with Crippen LogP contribution in [0.25, 0.3) is 16.7 Å². The molecule has 1 aliphatic heterocycles. The number of hydrogen-bond acceptors (Lipinski definition) is 6. The van der Waals surface area contributed by atoms with E-state index in [1.54, 1.807) is 27.5 Å². The highest BCUT2D eigenvalue weighted by Gasteiger charge is 2.31. The number of nitrogens with zero attached hydrogens (tertiary/aromatic N) is 4. The fourth-order valence-corrected chi connectivity index (χ4v) is 4.67. The lowest BCUT2D eigenvalue weighted by atomic mass is 10.0. The number of ether oxygens (including phenoxy) is 1. The van der Waals surface area contributed by atoms with E-state index in [1.165, 1.54) is 0 Å². The summed E-state index contributed by atoms with van der Waals surface area (Å²) in [5.74, 6) is 1.63. The Labute approximate surface area is 202 Å². The molecule has 0 saturated carbocycles. The summed E-state index contributed by atoms with van der Waals surface area (Å²) in [5, 5.41) is 10.6. The van der Waals surface area contributed by atoms with Gasteiger partial charge in [-0.2, -0.15) is 0 Å². The highest BCUT2D eigenvalue weighted by Crippen LogP contribution is 2.30. The first-order chi connectivity index (χ1) is 17.0. The van der Waals surface area contributed by atoms with Crippen molar-refractivity contribution in [3.63, 3.8) is 0 Å². The molecule has 2 atom stereocenters. The Bertz CT molecular complexity index is 1440. The third kappa shape index (κ3) is 4.20. The molecular weight excluding hydrogens is 442 g/mol. The molecule has 5 rings (SSSR count). The van der Waals surface area contributed by atoms with Crippen molar-refractivity contribution in [3.05, 3.63) is 102 Å². The van der Waals surface area contributed by atoms with Gasteiger partial charge in [-0.1, -0.05) is 31.4 Å². The van der Waals surface area contributed by atoms with E-state index in [4.69, 9.17) is 10.5 Å². The number of anilines is 1. The quantitative estimate of drug-likeness (QED) is 0.416. The summed E-state index contributed by atoms with van der Waals surface area (Å²) in [6.45, 7) is 8.76. The first-order valence-corrected chi connectivity index (χ1v) is 11.4. The minimum atomic E-state index is -0.607. The third-order valence-electron chi connectivity index (χ3n) is 6.30. The van der Waals surface area contributed by atoms with Gasteiger partial charge in [0, 0.05) is 25.0 Å². The Morgan fingerprint density at radius 1 is 1.09 bits per heavy atom. The van der Waals surface area contributed by atoms with Crippen molar-refractivity contribution in [2.75, 3.05) is 18.8 Å². The van der Waals surface area contributed by atoms with Crippen LogP contribution in [0.2, 0.25) is 0 Å². The lowest BCUT2D eigenvalue weighted by molar-refractivity contribution is 0.0620. The van der Waals surface area contributed by atoms with Gasteiger partial charge in [-0.15, -0.1) is 0 Å². The molecule has 4 aromatic rings. The molecule has 1 fully saturated rings. The van der Waals surface area contributed by atoms with Gasteiger partial charge in [-0.05, 0) is 55.0 Å². The predicted molar refractivity (Wildman–Crippen MR) is 137 cm³/mol. The van der Waals surface area contributed by atoms with E-state index < -0.39 is 6.10 Å². The molecule has 178 valence electrons. The van der Waals surface area contributed by atoms with Crippen LogP contribution in [0.5, 0.6) is 11.5 Å². The zero-order valence-electron chi connectivity index (χ0n) is 19.2. The number of hydrogen-bond donors (Lipinski definition) is 2. The van der Waals surface area contributed by atoms with Gasteiger partial charge in [0.2, 0.25) is 0 Å². The molecule has 0 aliphatic carbocycles. The van der Waals surface area contributed by atoms with E-state index in [2.05, 4.69) is 18.1 Å². The molecular formula is C27H27N5O3. The van der Waals surface area contributed by atoms with Gasteiger partial charge in [0.15, 0.2) is 0 Å². The highest BCUT2D eigenvalue weighted by molar-refractivity contribution is 5.87. The van der Waals surface area contributed by atoms with Crippen LogP contribution in [0.3, 0.4) is 0 Å². The van der Waals surface area contributed by atoms with Gasteiger partial charge in [-0.25, -0.2) is 9.78 Å². The maximum atomic E-state index is 13.8. The Morgan fingerprint density at radius 3 is 2.51 bits per heavy atom. The van der Waals surface area contributed by atoms with Gasteiger partial charge in [0.1, 0.15) is 22.8 Å². The van der Waals surface area contributed by atoms with Crippen molar-refractivity contribution in [2.45, 2.75) is 18.6 Å². The van der Waals surface area contributed by atoms with Crippen molar-refractivity contribution >= 4 is 16.9 Å². The van der Waals surface area contributed by atoms with Crippen molar-refractivity contribution in [3.8, 4) is 17.2 Å². The molecule has 1 saturated heterocycles. The third-order valence-corrected chi connectivity index (χ3v) is 6.30. The number of benzene rings is 2. The molecule has 0 unspecified atom stereocenters. The first-order valence-electron chi connectivity index (χ1n) is 11.4. The second kappa shape index (κ2) is 9.15. The molecule has 0 bridgehead atoms. The Balaban J connectivity index is 1.57. The lowest BCUT2D eigenvalue weighted by Gasteiger charge is -2.37. The topological polar surface area (TPSA) is 98.5 Å². The summed E-state index contributed by atoms with van der Waals surface area (Å²) in [6, 6.07) is 18.2. The molecule has 8 nitrogen and oxygen atoms in total. The average molecular weight is 470 g/mol. The van der Waals surface area contributed by atoms with E-state index in [9.17, 15) is 9.90 Å². The lowest BCUT2D eigenvalue weighted by Crippen LogP contribution is -2.45. The van der Waals surface area contributed by atoms with E-state index in [0.717, 1.165) is 5.75 Å². The van der Waals surface area contributed by atoms with Crippen molar-refractivity contribution in [2.24, 2.45) is 0 Å². The minimum absolute atomic E-state index is 0.250. The average Bonchev–Trinajstić information content (AvgIpc) is 3.17. The van der Waals surface area contributed by atoms with Crippen LogP contribution in [0.15, 0.2) is 96.6 Å². The van der Waals surface area contributed by atoms with Crippen LogP contribution in [-0.4, -0.2) is 43.3 Å². The van der Waals surface area contributed by atoms with Gasteiger partial charge in [0.25, 0.3) is 0 Å². The second-order valence-electron chi connectivity index (χ2n) is 8.60. The number of aliphatic hydroxyl groups is 1. The van der Waals surface area contributed by atoms with Gasteiger partial charge in [-0.3, -0.25) is 9.13 Å². The molecule has 1 aliphatic rings. The van der Waals surface area contributed by atoms with Crippen LogP contribution in [0.4, 0.5) is 5.82 Å². The van der Waals surface area contributed by atoms with Crippen molar-refractivity contribution in [1.29, 1.82) is 0 Å². The number of aromatic nitrogens is 3. The molecule has 3 heterocycles. The summed E-state index contributed by atoms with van der Waals surface area (Å²) in [7, 11) is 0. The maximum absolute atomic E-state index is 13.8. The van der Waals surface area contributed by atoms with Gasteiger partial charge in [0.05, 0.1) is 23.3 Å². The molecule has 0 amide bonds. The van der Waals surface area contributed by atoms with E-state index >= 15 is 0 Å². The number of aliphatic hydroxyl groups excluding tert-OH is 1. The van der Waals surface area contributed by atoms with Crippen molar-refractivity contribution in [1.82, 2.24) is 19.0 Å². The number of rotatable bonds is 6. The zero-order chi connectivity index (χ0) is 24.5. The molecule has 0 spiro atoms. The number of piperidine rings is 1. The highest BCUT2D eigenvalue weighted by atomic mass is 16.5. The zero-order valence-corrected chi connectivity index (χ0v) is 19.2. The molecule has 2 aromatic heterocycles. The van der Waals surface area contributed by atoms with E-state index in [-0.39, 0.29) is 17.5 Å². The summed E-state index contributed by atoms with van der Waals surface area (Å²) < 4.78 is 9.16. The summed E-state index contributed by atoms with van der Waals surface area (Å²) in [4.78, 5) is 20.0. The van der Waals surface area contributed by atoms with E-state index in [0.29, 0.717) is 47.7 Å². The minimum Gasteiger partial charge on any atom is -0.457 e. The SMILES string of the molecule is C=CC(=C)N1C[C@H](O)C[C@@H](n2c(=O)n(-c3ccc(Oc4ccccc4)cc3)c3c(N)nccc32)C1. The first kappa shape index (κ1) is 22.5. The monoisotopic (exact) mass is 469 g/mol. The fraction of sp³-hybridized carbons (Fsp3) is 0.185. The van der Waals surface area contributed by atoms with Crippen LogP contribution in [-0.2, 0) is 0 Å². The van der Waals surface area contributed by atoms with Crippen LogP contribution in [0.1, 0.15) is 12.5 Å². The Morgan fingerprint density at radius 2 is 1.80 bits per heavy atom. The van der Waals surface area contributed by atoms with Crippen molar-refractivity contribution < 1.29 is 9.84 Å². The van der Waals surface area contributed by atoms with Gasteiger partial charge >= 0.3 is 5.69 Å². The molecule has 2 aromatic carbocycles. The normalized spacial score (nSPS) is 17.9. The maximum Gasteiger partial charge on any atom is 0.334 e. The van der Waals surface area contributed by atoms with Crippen LogP contribution < -0.4 is 16.2 Å². The number of fused-ring (bicyclic) bond motifs is 1. The van der Waals surface area contributed by atoms with Gasteiger partial charge < -0.3 is 20.5 Å². The Hall–Kier alpha value is -4.30. The number of β-amino-alcohol motifs (C(OH)–C–C–N with tert-alkyl or cyclic N) is 1. The molecule has 0 radical (unpaired) electrons. The summed E-state index contributed by atoms with van der Waals surface area (Å²) in [6.07, 6.45) is 3.08. The standard InChI is InChI=1S/C27H27N5O3/c1-3-18(2)30-16-20(15-21(33)17-30)31-24-13-14-29-26(28)25(24)32(27(31)34)19-9-11-23(12-10-19)35-22-7-5-4-6-8-22/h3-14,20-21,33H,1-2,15-17H2,(H2,28,29)/t20-,21-/m1/s1. The number of likely N-dealkylation sites (tertiary alicyclic amines) is 1. The predicted octanol–water partition coefficient (Wildman–Crippen LogP) is 3.87. The largest absolute Gasteiger partial charge is 0.457 e. The second-order valence-corrected chi connectivity index (χ2v) is 8.60. The number of allylic oxidation sites excluding steroid dienone is 1. The molecule has 8 heteroatoms. The van der Waals surface area contributed by atoms with Crippen LogP contribution in [0, 0.1) is 0 Å². The summed E-state index contributed by atoms with van der Waals surface area (Å²) >= 11 is 0. The molecule has 3 N–H and O–H groups in total. The van der Waals surface area contributed by atoms with Crippen LogP contribution >= 0.6 is 0 Å². The molecule has 35 heavy (non-hydrogen) atoms. The number of pyridine rings is 1. The summed E-state index contributed by atoms with van der Waals surface area (Å²) in [5.41, 5.74) is 8.56. The fourth-order valence-electron chi connectivity index (χ4n) is 4.67. The number of nitrogen functional groups attached to an aromatic ring is 1.